The normalized spacial score (nSPS) is 10.3. The minimum atomic E-state index is -0.723. The molecule has 2 aromatic rings. The molecule has 2 N–H and O–H groups in total. The Bertz CT molecular complexity index is 680. The number of nitrogen functional groups attached to an aromatic ring is 1. The lowest BCUT2D eigenvalue weighted by Crippen LogP contribution is -1.99. The summed E-state index contributed by atoms with van der Waals surface area (Å²) in [6.07, 6.45) is 0. The van der Waals surface area contributed by atoms with Crippen LogP contribution in [0.25, 0.3) is 0 Å². The van der Waals surface area contributed by atoms with Crippen molar-refractivity contribution in [2.45, 2.75) is 0 Å². The van der Waals surface area contributed by atoms with Crippen LogP contribution >= 0.6 is 27.5 Å². The Morgan fingerprint density at radius 3 is 2.70 bits per heavy atom. The third kappa shape index (κ3) is 3.11. The first kappa shape index (κ1) is 14.4. The highest BCUT2D eigenvalue weighted by Crippen LogP contribution is 2.35. The lowest BCUT2D eigenvalue weighted by Gasteiger charge is -2.07. The first-order valence-electron chi connectivity index (χ1n) is 4.98. The molecule has 10 heteroatoms. The Morgan fingerprint density at radius 1 is 1.40 bits per heavy atom. The molecule has 0 unspecified atom stereocenters. The summed E-state index contributed by atoms with van der Waals surface area (Å²) in [5, 5.41) is 10.9. The van der Waals surface area contributed by atoms with Crippen LogP contribution in [0.15, 0.2) is 22.7 Å². The Labute approximate surface area is 124 Å². The van der Waals surface area contributed by atoms with Crippen LogP contribution in [0, 0.1) is 15.9 Å². The lowest BCUT2D eigenvalue weighted by molar-refractivity contribution is -0.385. The van der Waals surface area contributed by atoms with Crippen molar-refractivity contribution >= 4 is 39.2 Å². The van der Waals surface area contributed by atoms with Crippen LogP contribution in [-0.4, -0.2) is 14.9 Å². The van der Waals surface area contributed by atoms with Crippen LogP contribution in [0.2, 0.25) is 5.15 Å². The zero-order valence-corrected chi connectivity index (χ0v) is 11.9. The SMILES string of the molecule is Nc1nc(Cl)cc(Oc2cc(F)c(Br)cc2[N+](=O)[O-])n1. The third-order valence-electron chi connectivity index (χ3n) is 2.10. The molecule has 1 aromatic heterocycles. The maximum absolute atomic E-state index is 13.5. The Morgan fingerprint density at radius 2 is 2.10 bits per heavy atom. The van der Waals surface area contributed by atoms with Gasteiger partial charge in [0.05, 0.1) is 9.40 Å². The van der Waals surface area contributed by atoms with Crippen molar-refractivity contribution in [3.63, 3.8) is 0 Å². The van der Waals surface area contributed by atoms with Crippen molar-refractivity contribution in [2.24, 2.45) is 0 Å². The molecule has 0 fully saturated rings. The molecule has 0 saturated heterocycles. The fourth-order valence-corrected chi connectivity index (χ4v) is 1.83. The van der Waals surface area contributed by atoms with E-state index in [4.69, 9.17) is 22.1 Å². The number of nitro groups is 1. The number of halogens is 3. The smallest absolute Gasteiger partial charge is 0.312 e. The number of rotatable bonds is 3. The lowest BCUT2D eigenvalue weighted by atomic mass is 10.3. The van der Waals surface area contributed by atoms with Crippen LogP contribution in [0.3, 0.4) is 0 Å². The molecule has 1 aromatic carbocycles. The predicted molar refractivity (Wildman–Crippen MR) is 72.3 cm³/mol. The molecule has 20 heavy (non-hydrogen) atoms. The summed E-state index contributed by atoms with van der Waals surface area (Å²) in [5.74, 6) is -1.36. The van der Waals surface area contributed by atoms with Gasteiger partial charge in [-0.1, -0.05) is 11.6 Å². The van der Waals surface area contributed by atoms with Crippen molar-refractivity contribution in [1.82, 2.24) is 9.97 Å². The van der Waals surface area contributed by atoms with E-state index in [9.17, 15) is 14.5 Å². The van der Waals surface area contributed by atoms with Crippen molar-refractivity contribution in [2.75, 3.05) is 5.73 Å². The van der Waals surface area contributed by atoms with Crippen LogP contribution in [0.5, 0.6) is 11.6 Å². The summed E-state index contributed by atoms with van der Waals surface area (Å²) in [6, 6.07) is 3.03. The molecule has 104 valence electrons. The van der Waals surface area contributed by atoms with Gasteiger partial charge < -0.3 is 10.5 Å². The zero-order chi connectivity index (χ0) is 14.9. The van der Waals surface area contributed by atoms with Gasteiger partial charge in [0.25, 0.3) is 0 Å². The predicted octanol–water partition coefficient (Wildman–Crippen LogP) is 3.31. The summed E-state index contributed by atoms with van der Waals surface area (Å²) in [6.45, 7) is 0. The number of nitrogens with zero attached hydrogens (tertiary/aromatic N) is 3. The second kappa shape index (κ2) is 5.55. The monoisotopic (exact) mass is 362 g/mol. The van der Waals surface area contributed by atoms with Gasteiger partial charge in [0, 0.05) is 18.2 Å². The van der Waals surface area contributed by atoms with E-state index in [0.717, 1.165) is 12.1 Å². The average molecular weight is 364 g/mol. The largest absolute Gasteiger partial charge is 0.431 e. The molecule has 0 aliphatic heterocycles. The summed E-state index contributed by atoms with van der Waals surface area (Å²) < 4.78 is 18.5. The maximum Gasteiger partial charge on any atom is 0.312 e. The van der Waals surface area contributed by atoms with Crippen LogP contribution < -0.4 is 10.5 Å². The number of anilines is 1. The molecule has 0 atom stereocenters. The first-order valence-corrected chi connectivity index (χ1v) is 6.15. The topological polar surface area (TPSA) is 104 Å². The number of nitrogens with two attached hydrogens (primary N) is 1. The molecule has 0 amide bonds. The quantitative estimate of drug-likeness (QED) is 0.509. The van der Waals surface area contributed by atoms with Gasteiger partial charge in [0.2, 0.25) is 17.6 Å². The molecule has 0 aliphatic carbocycles. The summed E-state index contributed by atoms with van der Waals surface area (Å²) in [5.41, 5.74) is 4.92. The molecule has 0 bridgehead atoms. The second-order valence-electron chi connectivity index (χ2n) is 3.48. The minimum absolute atomic E-state index is 0.00673. The van der Waals surface area contributed by atoms with Crippen molar-refractivity contribution in [3.8, 4) is 11.6 Å². The second-order valence-corrected chi connectivity index (χ2v) is 4.72. The van der Waals surface area contributed by atoms with Gasteiger partial charge in [0.15, 0.2) is 0 Å². The van der Waals surface area contributed by atoms with E-state index in [1.165, 1.54) is 6.07 Å². The Hall–Kier alpha value is -2.00. The van der Waals surface area contributed by atoms with Crippen LogP contribution in [-0.2, 0) is 0 Å². The van der Waals surface area contributed by atoms with Crippen LogP contribution in [0.1, 0.15) is 0 Å². The van der Waals surface area contributed by atoms with Crippen molar-refractivity contribution in [3.05, 3.63) is 43.8 Å². The molecular formula is C10H5BrClFN4O3. The number of aromatic nitrogens is 2. The standard InChI is InChI=1S/C10H5BrClFN4O3/c11-4-1-6(17(18)19)7(2-5(4)13)20-9-3-8(12)15-10(14)16-9/h1-3H,(H2,14,15,16). The van der Waals surface area contributed by atoms with Gasteiger partial charge in [-0.3, -0.25) is 10.1 Å². The molecule has 0 radical (unpaired) electrons. The minimum Gasteiger partial charge on any atom is -0.431 e. The zero-order valence-electron chi connectivity index (χ0n) is 9.51. The van der Waals surface area contributed by atoms with Gasteiger partial charge in [0.1, 0.15) is 11.0 Å². The van der Waals surface area contributed by atoms with E-state index >= 15 is 0 Å². The van der Waals surface area contributed by atoms with Gasteiger partial charge in [-0.05, 0) is 15.9 Å². The Balaban J connectivity index is 2.47. The molecule has 7 nitrogen and oxygen atoms in total. The first-order chi connectivity index (χ1) is 9.36. The van der Waals surface area contributed by atoms with E-state index < -0.39 is 16.4 Å². The summed E-state index contributed by atoms with van der Waals surface area (Å²) in [4.78, 5) is 17.5. The number of benzene rings is 1. The van der Waals surface area contributed by atoms with E-state index in [-0.39, 0.29) is 27.2 Å². The summed E-state index contributed by atoms with van der Waals surface area (Å²) >= 11 is 8.50. The van der Waals surface area contributed by atoms with E-state index in [1.54, 1.807) is 0 Å². The number of hydrogen-bond donors (Lipinski definition) is 1. The fraction of sp³-hybridized carbons (Fsp3) is 0. The van der Waals surface area contributed by atoms with Crippen LogP contribution in [0.4, 0.5) is 16.0 Å². The molecule has 0 spiro atoms. The number of nitro benzene ring substituents is 1. The molecule has 2 rings (SSSR count). The molecule has 0 aliphatic rings. The number of ether oxygens (including phenoxy) is 1. The van der Waals surface area contributed by atoms with Gasteiger partial charge in [-0.15, -0.1) is 0 Å². The maximum atomic E-state index is 13.5. The average Bonchev–Trinajstić information content (AvgIpc) is 2.31. The van der Waals surface area contributed by atoms with Crippen molar-refractivity contribution in [1.29, 1.82) is 0 Å². The van der Waals surface area contributed by atoms with E-state index in [2.05, 4.69) is 25.9 Å². The van der Waals surface area contributed by atoms with Gasteiger partial charge in [-0.25, -0.2) is 9.37 Å². The highest BCUT2D eigenvalue weighted by atomic mass is 79.9. The fourth-order valence-electron chi connectivity index (χ4n) is 1.32. The molecule has 1 heterocycles. The van der Waals surface area contributed by atoms with E-state index in [0.29, 0.717) is 0 Å². The van der Waals surface area contributed by atoms with Crippen molar-refractivity contribution < 1.29 is 14.1 Å². The number of hydrogen-bond acceptors (Lipinski definition) is 6. The highest BCUT2D eigenvalue weighted by Gasteiger charge is 2.20. The third-order valence-corrected chi connectivity index (χ3v) is 2.90. The van der Waals surface area contributed by atoms with E-state index in [1.807, 2.05) is 0 Å². The van der Waals surface area contributed by atoms with Gasteiger partial charge in [-0.2, -0.15) is 4.98 Å². The molecular weight excluding hydrogens is 358 g/mol. The summed E-state index contributed by atoms with van der Waals surface area (Å²) in [7, 11) is 0. The Kier molecular flexibility index (Phi) is 4.00. The molecule has 0 saturated carbocycles. The highest BCUT2D eigenvalue weighted by molar-refractivity contribution is 9.10. The van der Waals surface area contributed by atoms with Gasteiger partial charge >= 0.3 is 5.69 Å².